The van der Waals surface area contributed by atoms with Crippen molar-refractivity contribution in [2.75, 3.05) is 0 Å². The monoisotopic (exact) mass is 320 g/mol. The minimum Gasteiger partial charge on any atom is -0.441 e. The quantitative estimate of drug-likeness (QED) is 0.765. The summed E-state index contributed by atoms with van der Waals surface area (Å²) in [5.41, 5.74) is 3.17. The highest BCUT2D eigenvalue weighted by Crippen LogP contribution is 2.19. The van der Waals surface area contributed by atoms with Crippen LogP contribution in [0.1, 0.15) is 22.8 Å². The van der Waals surface area contributed by atoms with E-state index in [-0.39, 0.29) is 11.4 Å². The third-order valence-electron chi connectivity index (χ3n) is 3.36. The molecule has 1 aromatic carbocycles. The van der Waals surface area contributed by atoms with E-state index < -0.39 is 10.0 Å². The lowest BCUT2D eigenvalue weighted by Crippen LogP contribution is -2.24. The summed E-state index contributed by atoms with van der Waals surface area (Å²) in [6, 6.07) is 5.42. The van der Waals surface area contributed by atoms with Gasteiger partial charge in [-0.3, -0.25) is 5.10 Å². The Morgan fingerprint density at radius 3 is 2.73 bits per heavy atom. The number of nitrogens with zero attached hydrogens (tertiary/aromatic N) is 2. The van der Waals surface area contributed by atoms with Gasteiger partial charge in [0.25, 0.3) is 0 Å². The maximum Gasteiger partial charge on any atom is 0.244 e. The van der Waals surface area contributed by atoms with Crippen molar-refractivity contribution in [2.45, 2.75) is 32.2 Å². The first-order chi connectivity index (χ1) is 10.4. The van der Waals surface area contributed by atoms with Gasteiger partial charge in [0.2, 0.25) is 10.0 Å². The molecule has 22 heavy (non-hydrogen) atoms. The van der Waals surface area contributed by atoms with Crippen molar-refractivity contribution in [2.24, 2.45) is 0 Å². The number of hydrogen-bond acceptors (Lipinski definition) is 5. The molecule has 0 saturated heterocycles. The number of aryl methyl sites for hydroxylation is 3. The number of aromatic nitrogens is 3. The number of hydrogen-bond donors (Lipinski definition) is 2. The molecular weight excluding hydrogens is 304 g/mol. The third kappa shape index (κ3) is 2.62. The third-order valence-corrected chi connectivity index (χ3v) is 5.02. The molecule has 3 rings (SSSR count). The van der Waals surface area contributed by atoms with Gasteiger partial charge in [0.15, 0.2) is 11.5 Å². The molecule has 8 heteroatoms. The second-order valence-electron chi connectivity index (χ2n) is 5.12. The maximum atomic E-state index is 12.4. The SMILES string of the molecule is Cc1nc2ccc(CNS(=O)(=O)c3c(C)n[nH]c3C)cc2o1. The van der Waals surface area contributed by atoms with Crippen LogP contribution in [-0.4, -0.2) is 23.6 Å². The Bertz CT molecular complexity index is 921. The van der Waals surface area contributed by atoms with E-state index in [1.807, 2.05) is 12.1 Å². The second kappa shape index (κ2) is 5.22. The van der Waals surface area contributed by atoms with E-state index in [0.717, 1.165) is 11.1 Å². The van der Waals surface area contributed by atoms with Gasteiger partial charge in [-0.25, -0.2) is 18.1 Å². The fraction of sp³-hybridized carbons (Fsp3) is 0.286. The fourth-order valence-electron chi connectivity index (χ4n) is 2.38. The Morgan fingerprint density at radius 2 is 2.05 bits per heavy atom. The summed E-state index contributed by atoms with van der Waals surface area (Å²) in [6.45, 7) is 5.27. The van der Waals surface area contributed by atoms with Crippen LogP contribution in [0.5, 0.6) is 0 Å². The van der Waals surface area contributed by atoms with Crippen LogP contribution in [0.15, 0.2) is 27.5 Å². The lowest BCUT2D eigenvalue weighted by Gasteiger charge is -2.07. The molecule has 0 spiro atoms. The number of benzene rings is 1. The molecule has 0 radical (unpaired) electrons. The van der Waals surface area contributed by atoms with Crippen LogP contribution in [-0.2, 0) is 16.6 Å². The summed E-state index contributed by atoms with van der Waals surface area (Å²) in [5.74, 6) is 0.581. The molecule has 0 aliphatic heterocycles. The van der Waals surface area contributed by atoms with Crippen molar-refractivity contribution in [3.05, 3.63) is 41.0 Å². The summed E-state index contributed by atoms with van der Waals surface area (Å²) >= 11 is 0. The van der Waals surface area contributed by atoms with Gasteiger partial charge in [0.05, 0.1) is 11.4 Å². The van der Waals surface area contributed by atoms with E-state index >= 15 is 0 Å². The molecule has 0 aliphatic rings. The van der Waals surface area contributed by atoms with Crippen LogP contribution in [0.25, 0.3) is 11.1 Å². The Labute approximate surface area is 127 Å². The van der Waals surface area contributed by atoms with Gasteiger partial charge >= 0.3 is 0 Å². The highest BCUT2D eigenvalue weighted by atomic mass is 32.2. The molecule has 0 fully saturated rings. The molecule has 0 bridgehead atoms. The van der Waals surface area contributed by atoms with E-state index in [9.17, 15) is 8.42 Å². The van der Waals surface area contributed by atoms with Gasteiger partial charge in [-0.2, -0.15) is 5.10 Å². The lowest BCUT2D eigenvalue weighted by molar-refractivity contribution is 0.560. The van der Waals surface area contributed by atoms with Gasteiger partial charge in [0, 0.05) is 13.5 Å². The predicted molar refractivity (Wildman–Crippen MR) is 80.8 cm³/mol. The van der Waals surface area contributed by atoms with Crippen molar-refractivity contribution < 1.29 is 12.8 Å². The minimum atomic E-state index is -3.61. The second-order valence-corrected chi connectivity index (χ2v) is 6.83. The summed E-state index contributed by atoms with van der Waals surface area (Å²) in [6.07, 6.45) is 0. The fourth-order valence-corrected chi connectivity index (χ4v) is 3.77. The molecule has 0 unspecified atom stereocenters. The van der Waals surface area contributed by atoms with Crippen molar-refractivity contribution in [3.63, 3.8) is 0 Å². The highest BCUT2D eigenvalue weighted by molar-refractivity contribution is 7.89. The Morgan fingerprint density at radius 1 is 1.27 bits per heavy atom. The zero-order valence-corrected chi connectivity index (χ0v) is 13.3. The first-order valence-electron chi connectivity index (χ1n) is 6.74. The average molecular weight is 320 g/mol. The zero-order valence-electron chi connectivity index (χ0n) is 12.5. The summed E-state index contributed by atoms with van der Waals surface area (Å²) in [5, 5.41) is 6.59. The van der Waals surface area contributed by atoms with Crippen LogP contribution in [0, 0.1) is 20.8 Å². The molecule has 0 amide bonds. The first-order valence-corrected chi connectivity index (χ1v) is 8.22. The average Bonchev–Trinajstić information content (AvgIpc) is 2.98. The molecule has 0 atom stereocenters. The number of aromatic amines is 1. The maximum absolute atomic E-state index is 12.4. The van der Waals surface area contributed by atoms with Crippen LogP contribution in [0.4, 0.5) is 0 Å². The minimum absolute atomic E-state index is 0.169. The van der Waals surface area contributed by atoms with Gasteiger partial charge in [0.1, 0.15) is 10.4 Å². The molecule has 2 heterocycles. The van der Waals surface area contributed by atoms with Gasteiger partial charge < -0.3 is 4.42 Å². The standard InChI is InChI=1S/C14H16N4O3S/c1-8-14(9(2)18-17-8)22(19,20)15-7-11-4-5-12-13(6-11)21-10(3)16-12/h4-6,15H,7H2,1-3H3,(H,17,18). The molecule has 0 saturated carbocycles. The van der Waals surface area contributed by atoms with Gasteiger partial charge in [-0.1, -0.05) is 6.07 Å². The van der Waals surface area contributed by atoms with Gasteiger partial charge in [-0.15, -0.1) is 0 Å². The molecule has 3 aromatic rings. The van der Waals surface area contributed by atoms with E-state index in [0.29, 0.717) is 22.9 Å². The van der Waals surface area contributed by atoms with Crippen LogP contribution >= 0.6 is 0 Å². The van der Waals surface area contributed by atoms with E-state index in [1.165, 1.54) is 0 Å². The number of rotatable bonds is 4. The summed E-state index contributed by atoms with van der Waals surface area (Å²) in [7, 11) is -3.61. The number of oxazole rings is 1. The van der Waals surface area contributed by atoms with Crippen molar-refractivity contribution in [3.8, 4) is 0 Å². The Hall–Kier alpha value is -2.19. The van der Waals surface area contributed by atoms with E-state index in [2.05, 4.69) is 19.9 Å². The van der Waals surface area contributed by atoms with Crippen molar-refractivity contribution in [1.82, 2.24) is 19.9 Å². The number of H-pyrrole nitrogens is 1. The normalized spacial score (nSPS) is 12.1. The zero-order chi connectivity index (χ0) is 15.9. The first kappa shape index (κ1) is 14.7. The largest absolute Gasteiger partial charge is 0.441 e. The molecule has 116 valence electrons. The van der Waals surface area contributed by atoms with E-state index in [1.54, 1.807) is 26.8 Å². The number of fused-ring (bicyclic) bond motifs is 1. The summed E-state index contributed by atoms with van der Waals surface area (Å²) < 4.78 is 32.8. The van der Waals surface area contributed by atoms with Crippen molar-refractivity contribution >= 4 is 21.1 Å². The van der Waals surface area contributed by atoms with Crippen LogP contribution < -0.4 is 4.72 Å². The Kier molecular flexibility index (Phi) is 3.50. The lowest BCUT2D eigenvalue weighted by atomic mass is 10.2. The van der Waals surface area contributed by atoms with Gasteiger partial charge in [-0.05, 0) is 31.5 Å². The molecular formula is C14H16N4O3S. The predicted octanol–water partition coefficient (Wildman–Crippen LogP) is 1.95. The van der Waals surface area contributed by atoms with Crippen LogP contribution in [0.2, 0.25) is 0 Å². The van der Waals surface area contributed by atoms with Crippen LogP contribution in [0.3, 0.4) is 0 Å². The highest BCUT2D eigenvalue weighted by Gasteiger charge is 2.21. The number of nitrogens with one attached hydrogen (secondary N) is 2. The topological polar surface area (TPSA) is 101 Å². The van der Waals surface area contributed by atoms with E-state index in [4.69, 9.17) is 4.42 Å². The Balaban J connectivity index is 1.84. The molecule has 0 aliphatic carbocycles. The molecule has 7 nitrogen and oxygen atoms in total. The number of sulfonamides is 1. The summed E-state index contributed by atoms with van der Waals surface area (Å²) in [4.78, 5) is 4.41. The van der Waals surface area contributed by atoms with Crippen molar-refractivity contribution in [1.29, 1.82) is 0 Å². The molecule has 2 aromatic heterocycles. The molecule has 2 N–H and O–H groups in total. The smallest absolute Gasteiger partial charge is 0.244 e.